The van der Waals surface area contributed by atoms with E-state index in [9.17, 15) is 0 Å². The third-order valence-electron chi connectivity index (χ3n) is 4.89. The minimum atomic E-state index is -0.198. The van der Waals surface area contributed by atoms with Gasteiger partial charge in [-0.05, 0) is 26.2 Å². The minimum Gasteiger partial charge on any atom is -0.377 e. The van der Waals surface area contributed by atoms with Crippen molar-refractivity contribution in [1.82, 2.24) is 9.78 Å². The highest BCUT2D eigenvalue weighted by Crippen LogP contribution is 2.35. The molecular formula is C16H28ClN3O. The fourth-order valence-electron chi connectivity index (χ4n) is 3.48. The van der Waals surface area contributed by atoms with Crippen LogP contribution < -0.4 is 5.73 Å². The van der Waals surface area contributed by atoms with Gasteiger partial charge in [0.2, 0.25) is 0 Å². The molecule has 1 heterocycles. The molecule has 1 unspecified atom stereocenters. The van der Waals surface area contributed by atoms with Crippen LogP contribution in [-0.4, -0.2) is 28.5 Å². The average molecular weight is 314 g/mol. The molecule has 0 saturated heterocycles. The fraction of sp³-hybridized carbons (Fsp3) is 0.812. The third kappa shape index (κ3) is 3.27. The first-order valence-corrected chi connectivity index (χ1v) is 8.50. The van der Waals surface area contributed by atoms with Gasteiger partial charge in [0.1, 0.15) is 0 Å². The van der Waals surface area contributed by atoms with Crippen LogP contribution in [0.3, 0.4) is 0 Å². The molecule has 0 aliphatic heterocycles. The Morgan fingerprint density at radius 2 is 2.00 bits per heavy atom. The summed E-state index contributed by atoms with van der Waals surface area (Å²) in [4.78, 5) is 0. The lowest BCUT2D eigenvalue weighted by Gasteiger charge is -2.40. The van der Waals surface area contributed by atoms with Gasteiger partial charge in [0, 0.05) is 26.1 Å². The summed E-state index contributed by atoms with van der Waals surface area (Å²) in [6.45, 7) is 4.99. The second-order valence-corrected chi connectivity index (χ2v) is 6.39. The van der Waals surface area contributed by atoms with Crippen molar-refractivity contribution in [3.8, 4) is 0 Å². The number of rotatable bonds is 6. The highest BCUT2D eigenvalue weighted by atomic mass is 35.5. The number of nitrogens with two attached hydrogens (primary N) is 1. The molecule has 1 aliphatic carbocycles. The van der Waals surface area contributed by atoms with Crippen molar-refractivity contribution in [2.24, 2.45) is 5.73 Å². The molecular weight excluding hydrogens is 286 g/mol. The van der Waals surface area contributed by atoms with E-state index in [1.807, 2.05) is 4.68 Å². The van der Waals surface area contributed by atoms with Gasteiger partial charge in [0.25, 0.3) is 0 Å². The molecule has 2 rings (SSSR count). The van der Waals surface area contributed by atoms with Crippen LogP contribution in [0.15, 0.2) is 0 Å². The SMILES string of the molecule is CCc1nn(CC)c(CC(N)C2(OC)CCCCC2)c1Cl. The lowest BCUT2D eigenvalue weighted by molar-refractivity contribution is -0.0586. The highest BCUT2D eigenvalue weighted by molar-refractivity contribution is 6.31. The molecule has 4 nitrogen and oxygen atoms in total. The van der Waals surface area contributed by atoms with Crippen molar-refractivity contribution in [2.75, 3.05) is 7.11 Å². The Hall–Kier alpha value is -0.580. The Kier molecular flexibility index (Phi) is 5.69. The topological polar surface area (TPSA) is 53.1 Å². The van der Waals surface area contributed by atoms with Crippen molar-refractivity contribution >= 4 is 11.6 Å². The zero-order valence-corrected chi connectivity index (χ0v) is 14.2. The molecule has 21 heavy (non-hydrogen) atoms. The highest BCUT2D eigenvalue weighted by Gasteiger charge is 2.38. The number of hydrogen-bond acceptors (Lipinski definition) is 3. The summed E-state index contributed by atoms with van der Waals surface area (Å²) in [5.74, 6) is 0. The van der Waals surface area contributed by atoms with E-state index in [0.717, 1.165) is 48.6 Å². The van der Waals surface area contributed by atoms with Crippen molar-refractivity contribution in [3.05, 3.63) is 16.4 Å². The molecule has 1 aromatic rings. The molecule has 1 fully saturated rings. The molecule has 0 bridgehead atoms. The van der Waals surface area contributed by atoms with Crippen LogP contribution in [0.25, 0.3) is 0 Å². The minimum absolute atomic E-state index is 0.0352. The van der Waals surface area contributed by atoms with Crippen LogP contribution in [-0.2, 0) is 24.1 Å². The number of methoxy groups -OCH3 is 1. The van der Waals surface area contributed by atoms with Crippen molar-refractivity contribution in [1.29, 1.82) is 0 Å². The number of ether oxygens (including phenoxy) is 1. The van der Waals surface area contributed by atoms with Gasteiger partial charge in [0.15, 0.2) is 0 Å². The van der Waals surface area contributed by atoms with Crippen molar-refractivity contribution < 1.29 is 4.74 Å². The standard InChI is InChI=1S/C16H28ClN3O/c1-4-12-15(17)13(20(5-2)19-12)11-14(18)16(21-3)9-7-6-8-10-16/h14H,4-11,18H2,1-3H3. The summed E-state index contributed by atoms with van der Waals surface area (Å²) in [6.07, 6.45) is 7.35. The summed E-state index contributed by atoms with van der Waals surface area (Å²) in [5.41, 5.74) is 8.38. The fourth-order valence-corrected chi connectivity index (χ4v) is 3.83. The second kappa shape index (κ2) is 7.12. The van der Waals surface area contributed by atoms with E-state index in [-0.39, 0.29) is 11.6 Å². The lowest BCUT2D eigenvalue weighted by Crippen LogP contribution is -2.52. The van der Waals surface area contributed by atoms with Gasteiger partial charge in [-0.1, -0.05) is 37.8 Å². The number of halogens is 1. The second-order valence-electron chi connectivity index (χ2n) is 6.02. The Balaban J connectivity index is 2.22. The van der Waals surface area contributed by atoms with E-state index < -0.39 is 0 Å². The Bertz CT molecular complexity index is 466. The number of aryl methyl sites for hydroxylation is 2. The number of hydrogen-bond donors (Lipinski definition) is 1. The quantitative estimate of drug-likeness (QED) is 0.876. The van der Waals surface area contributed by atoms with Crippen LogP contribution in [0.4, 0.5) is 0 Å². The van der Waals surface area contributed by atoms with Gasteiger partial charge in [-0.15, -0.1) is 0 Å². The first-order valence-electron chi connectivity index (χ1n) is 8.12. The molecule has 1 saturated carbocycles. The normalized spacial score (nSPS) is 19.7. The molecule has 0 amide bonds. The molecule has 1 aromatic heterocycles. The van der Waals surface area contributed by atoms with Gasteiger partial charge >= 0.3 is 0 Å². The van der Waals surface area contributed by atoms with E-state index in [2.05, 4.69) is 18.9 Å². The van der Waals surface area contributed by atoms with Crippen LogP contribution >= 0.6 is 11.6 Å². The molecule has 0 aromatic carbocycles. The third-order valence-corrected chi connectivity index (χ3v) is 5.33. The monoisotopic (exact) mass is 313 g/mol. The molecule has 1 atom stereocenters. The summed E-state index contributed by atoms with van der Waals surface area (Å²) < 4.78 is 7.85. The summed E-state index contributed by atoms with van der Waals surface area (Å²) >= 11 is 6.50. The predicted octanol–water partition coefficient (Wildman–Crippen LogP) is 3.34. The Morgan fingerprint density at radius 3 is 2.52 bits per heavy atom. The van der Waals surface area contributed by atoms with E-state index in [4.69, 9.17) is 22.1 Å². The predicted molar refractivity (Wildman–Crippen MR) is 86.8 cm³/mol. The smallest absolute Gasteiger partial charge is 0.0850 e. The van der Waals surface area contributed by atoms with E-state index in [1.165, 1.54) is 19.3 Å². The average Bonchev–Trinajstić information content (AvgIpc) is 2.83. The summed E-state index contributed by atoms with van der Waals surface area (Å²) in [7, 11) is 1.79. The molecule has 1 aliphatic rings. The zero-order valence-electron chi connectivity index (χ0n) is 13.5. The van der Waals surface area contributed by atoms with Gasteiger partial charge in [-0.2, -0.15) is 5.10 Å². The van der Waals surface area contributed by atoms with E-state index >= 15 is 0 Å². The summed E-state index contributed by atoms with van der Waals surface area (Å²) in [6, 6.07) is -0.0352. The first kappa shape index (κ1) is 16.8. The Morgan fingerprint density at radius 1 is 1.33 bits per heavy atom. The van der Waals surface area contributed by atoms with E-state index in [0.29, 0.717) is 0 Å². The van der Waals surface area contributed by atoms with Crippen LogP contribution in [0.2, 0.25) is 5.02 Å². The summed E-state index contributed by atoms with van der Waals surface area (Å²) in [5, 5.41) is 5.37. The van der Waals surface area contributed by atoms with Gasteiger partial charge in [-0.25, -0.2) is 0 Å². The largest absolute Gasteiger partial charge is 0.377 e. The number of aromatic nitrogens is 2. The molecule has 0 spiro atoms. The molecule has 0 radical (unpaired) electrons. The van der Waals surface area contributed by atoms with Gasteiger partial charge in [-0.3, -0.25) is 4.68 Å². The molecule has 120 valence electrons. The maximum absolute atomic E-state index is 6.54. The van der Waals surface area contributed by atoms with Crippen LogP contribution in [0.5, 0.6) is 0 Å². The molecule has 2 N–H and O–H groups in total. The Labute approximate surface area is 133 Å². The van der Waals surface area contributed by atoms with Crippen molar-refractivity contribution in [2.45, 2.75) is 77.0 Å². The van der Waals surface area contributed by atoms with Gasteiger partial charge in [0.05, 0.1) is 22.0 Å². The van der Waals surface area contributed by atoms with Gasteiger partial charge < -0.3 is 10.5 Å². The number of nitrogens with zero attached hydrogens (tertiary/aromatic N) is 2. The zero-order chi connectivity index (χ0) is 15.5. The van der Waals surface area contributed by atoms with Crippen molar-refractivity contribution in [3.63, 3.8) is 0 Å². The maximum Gasteiger partial charge on any atom is 0.0850 e. The lowest BCUT2D eigenvalue weighted by atomic mass is 9.78. The first-order chi connectivity index (χ1) is 10.1. The molecule has 5 heteroatoms. The van der Waals surface area contributed by atoms with Crippen LogP contribution in [0, 0.1) is 0 Å². The van der Waals surface area contributed by atoms with Crippen LogP contribution in [0.1, 0.15) is 57.3 Å². The maximum atomic E-state index is 6.54. The van der Waals surface area contributed by atoms with E-state index in [1.54, 1.807) is 7.11 Å².